The second kappa shape index (κ2) is 4.93. The molecular formula is C3H12N2P2. The Morgan fingerprint density at radius 1 is 1.86 bits per heavy atom. The van der Waals surface area contributed by atoms with Crippen molar-refractivity contribution in [2.75, 3.05) is 13.6 Å². The van der Waals surface area contributed by atoms with Gasteiger partial charge in [-0.15, -0.1) is 0 Å². The molecule has 0 saturated carbocycles. The lowest BCUT2D eigenvalue weighted by molar-refractivity contribution is 0.590. The van der Waals surface area contributed by atoms with E-state index in [9.17, 15) is 0 Å². The molecule has 0 amide bonds. The number of hydrogen-bond donors (Lipinski definition) is 1. The van der Waals surface area contributed by atoms with Crippen LogP contribution in [0.3, 0.4) is 0 Å². The van der Waals surface area contributed by atoms with Gasteiger partial charge in [-0.3, -0.25) is 9.53 Å². The molecule has 44 valence electrons. The molecule has 1 N–H and O–H groups in total. The number of nitrogens with zero attached hydrogens (tertiary/aromatic N) is 1. The molecule has 0 aromatic heterocycles. The standard InChI is InChI=1S/C3H12N2P2/c1-3-5(2)7-4-6/h4,7H,3,6H2,1-2H3. The zero-order valence-electron chi connectivity index (χ0n) is 4.73. The minimum absolute atomic E-state index is 0.735. The smallest absolute Gasteiger partial charge is 0.0242 e. The van der Waals surface area contributed by atoms with Crippen molar-refractivity contribution in [3.8, 4) is 0 Å². The zero-order chi connectivity index (χ0) is 5.70. The first-order valence-electron chi connectivity index (χ1n) is 2.23. The Hall–Kier alpha value is 0.780. The summed E-state index contributed by atoms with van der Waals surface area (Å²) in [5, 5.41) is 0. The second-order valence-electron chi connectivity index (χ2n) is 1.27. The molecule has 0 fully saturated rings. The van der Waals surface area contributed by atoms with Crippen LogP contribution in [0.1, 0.15) is 6.92 Å². The predicted octanol–water partition coefficient (Wildman–Crippen LogP) is 0.826. The summed E-state index contributed by atoms with van der Waals surface area (Å²) in [4.78, 5) is 2.99. The monoisotopic (exact) mass is 138 g/mol. The Balaban J connectivity index is 2.83. The summed E-state index contributed by atoms with van der Waals surface area (Å²) in [6.07, 6.45) is 0. The van der Waals surface area contributed by atoms with E-state index in [1.54, 1.807) is 0 Å². The topological polar surface area (TPSA) is 15.3 Å². The fourth-order valence-electron chi connectivity index (χ4n) is 0.189. The van der Waals surface area contributed by atoms with E-state index in [0.717, 1.165) is 15.4 Å². The van der Waals surface area contributed by atoms with E-state index in [1.165, 1.54) is 0 Å². The molecule has 0 saturated heterocycles. The molecule has 0 bridgehead atoms. The van der Waals surface area contributed by atoms with E-state index >= 15 is 0 Å². The number of hydrogen-bond acceptors (Lipinski definition) is 2. The van der Waals surface area contributed by atoms with Gasteiger partial charge in [0.2, 0.25) is 0 Å². The van der Waals surface area contributed by atoms with Gasteiger partial charge in [0, 0.05) is 8.88 Å². The lowest BCUT2D eigenvalue weighted by Crippen LogP contribution is -2.07. The summed E-state index contributed by atoms with van der Waals surface area (Å²) in [6.45, 7) is 3.24. The van der Waals surface area contributed by atoms with Crippen LogP contribution >= 0.6 is 18.3 Å². The highest BCUT2D eigenvalue weighted by atomic mass is 31.1. The molecule has 0 aliphatic carbocycles. The van der Waals surface area contributed by atoms with E-state index in [4.69, 9.17) is 0 Å². The summed E-state index contributed by atoms with van der Waals surface area (Å²) in [5.74, 6) is 0. The molecule has 0 aliphatic heterocycles. The molecule has 0 heterocycles. The lowest BCUT2D eigenvalue weighted by atomic mass is 10.8. The van der Waals surface area contributed by atoms with Crippen molar-refractivity contribution < 1.29 is 0 Å². The second-order valence-corrected chi connectivity index (χ2v) is 3.41. The van der Waals surface area contributed by atoms with Gasteiger partial charge in [-0.1, -0.05) is 16.3 Å². The minimum atomic E-state index is 0.735. The summed E-state index contributed by atoms with van der Waals surface area (Å²) < 4.78 is 2.20. The fraction of sp³-hybridized carbons (Fsp3) is 1.00. The van der Waals surface area contributed by atoms with E-state index < -0.39 is 0 Å². The Morgan fingerprint density at radius 2 is 2.43 bits per heavy atom. The quantitative estimate of drug-likeness (QED) is 0.581. The van der Waals surface area contributed by atoms with Gasteiger partial charge in [0.15, 0.2) is 0 Å². The van der Waals surface area contributed by atoms with Gasteiger partial charge in [-0.25, -0.2) is 0 Å². The van der Waals surface area contributed by atoms with Crippen molar-refractivity contribution in [3.05, 3.63) is 0 Å². The summed E-state index contributed by atoms with van der Waals surface area (Å²) in [5.41, 5.74) is 0. The van der Waals surface area contributed by atoms with Crippen LogP contribution in [-0.2, 0) is 0 Å². The van der Waals surface area contributed by atoms with Gasteiger partial charge in [0.1, 0.15) is 0 Å². The van der Waals surface area contributed by atoms with Crippen LogP contribution in [0.25, 0.3) is 0 Å². The number of rotatable bonds is 3. The first kappa shape index (κ1) is 7.78. The first-order valence-corrected chi connectivity index (χ1v) is 3.76. The molecule has 2 nitrogen and oxygen atoms in total. The van der Waals surface area contributed by atoms with Crippen molar-refractivity contribution in [1.82, 2.24) is 9.53 Å². The highest BCUT2D eigenvalue weighted by Gasteiger charge is 1.85. The van der Waals surface area contributed by atoms with Gasteiger partial charge in [0.25, 0.3) is 0 Å². The highest BCUT2D eigenvalue weighted by Crippen LogP contribution is 2.09. The molecular weight excluding hydrogens is 126 g/mol. The van der Waals surface area contributed by atoms with E-state index in [1.807, 2.05) is 0 Å². The average Bonchev–Trinajstić information content (AvgIpc) is 1.68. The largest absolute Gasteiger partial charge is 0.276 e. The van der Waals surface area contributed by atoms with Crippen molar-refractivity contribution in [2.45, 2.75) is 6.92 Å². The maximum absolute atomic E-state index is 2.99. The van der Waals surface area contributed by atoms with Crippen molar-refractivity contribution in [2.24, 2.45) is 0 Å². The maximum Gasteiger partial charge on any atom is 0.0242 e. The van der Waals surface area contributed by atoms with Crippen molar-refractivity contribution in [3.63, 3.8) is 0 Å². The summed E-state index contributed by atoms with van der Waals surface area (Å²) in [6, 6.07) is 0. The first-order chi connectivity index (χ1) is 3.31. The van der Waals surface area contributed by atoms with E-state index in [2.05, 4.69) is 32.9 Å². The van der Waals surface area contributed by atoms with Gasteiger partial charge in [0.05, 0.1) is 0 Å². The Kier molecular flexibility index (Phi) is 5.48. The molecule has 0 aromatic carbocycles. The number of nitrogens with one attached hydrogen (secondary N) is 1. The molecule has 0 spiro atoms. The van der Waals surface area contributed by atoms with Crippen LogP contribution in [0.5, 0.6) is 0 Å². The Bertz CT molecular complexity index is 41.9. The molecule has 0 radical (unpaired) electrons. The third-order valence-electron chi connectivity index (χ3n) is 0.730. The maximum atomic E-state index is 2.99. The molecule has 7 heavy (non-hydrogen) atoms. The van der Waals surface area contributed by atoms with Crippen LogP contribution in [0.4, 0.5) is 0 Å². The van der Waals surface area contributed by atoms with Crippen LogP contribution in [-0.4, -0.2) is 18.3 Å². The van der Waals surface area contributed by atoms with Gasteiger partial charge in [-0.2, -0.15) is 0 Å². The van der Waals surface area contributed by atoms with Crippen molar-refractivity contribution in [1.29, 1.82) is 0 Å². The SMILES string of the molecule is CCN(C)PNP. The third-order valence-corrected chi connectivity index (χ3v) is 1.94. The van der Waals surface area contributed by atoms with Crippen LogP contribution in [0.2, 0.25) is 0 Å². The normalized spacial score (nSPS) is 12.0. The highest BCUT2D eigenvalue weighted by molar-refractivity contribution is 7.42. The van der Waals surface area contributed by atoms with Crippen LogP contribution in [0, 0.1) is 0 Å². The van der Waals surface area contributed by atoms with E-state index in [0.29, 0.717) is 0 Å². The fourth-order valence-corrected chi connectivity index (χ4v) is 1.23. The molecule has 4 heteroatoms. The van der Waals surface area contributed by atoms with Crippen LogP contribution < -0.4 is 4.86 Å². The summed E-state index contributed by atoms with van der Waals surface area (Å²) in [7, 11) is 5.29. The Labute approximate surface area is 49.2 Å². The predicted molar refractivity (Wildman–Crippen MR) is 39.5 cm³/mol. The molecule has 2 atom stereocenters. The summed E-state index contributed by atoms with van der Waals surface area (Å²) >= 11 is 0. The van der Waals surface area contributed by atoms with Gasteiger partial charge >= 0.3 is 0 Å². The zero-order valence-corrected chi connectivity index (χ0v) is 6.89. The van der Waals surface area contributed by atoms with E-state index in [-0.39, 0.29) is 0 Å². The molecule has 0 aromatic rings. The van der Waals surface area contributed by atoms with Crippen molar-refractivity contribution >= 4 is 18.3 Å². The van der Waals surface area contributed by atoms with Gasteiger partial charge < -0.3 is 0 Å². The van der Waals surface area contributed by atoms with Gasteiger partial charge in [-0.05, 0) is 13.6 Å². The molecule has 2 unspecified atom stereocenters. The average molecular weight is 138 g/mol. The third kappa shape index (κ3) is 4.64. The Morgan fingerprint density at radius 3 is 2.57 bits per heavy atom. The minimum Gasteiger partial charge on any atom is -0.276 e. The lowest BCUT2D eigenvalue weighted by Gasteiger charge is -2.10. The molecule has 0 rings (SSSR count). The molecule has 0 aliphatic rings. The van der Waals surface area contributed by atoms with Crippen LogP contribution in [0.15, 0.2) is 0 Å².